The molecule has 0 aromatic heterocycles. The topological polar surface area (TPSA) is 216 Å². The fraction of sp³-hybridized carbons (Fsp3) is 0.927. The summed E-state index contributed by atoms with van der Waals surface area (Å²) in [6.45, 7) is 15.1. The molecule has 2 aliphatic heterocycles. The molecule has 0 amide bonds. The van der Waals surface area contributed by atoms with E-state index in [1.54, 1.807) is 0 Å². The number of rotatable bonds is 5. The number of esters is 1. The lowest BCUT2D eigenvalue weighted by Gasteiger charge is -2.71. The molecule has 0 spiro atoms. The van der Waals surface area contributed by atoms with E-state index >= 15 is 0 Å². The summed E-state index contributed by atoms with van der Waals surface area (Å²) in [5.74, 6) is -0.445. The summed E-state index contributed by atoms with van der Waals surface area (Å²) in [6.07, 6.45) is -5.20. The van der Waals surface area contributed by atoms with Gasteiger partial charge in [0.2, 0.25) is 6.29 Å². The monoisotopic (exact) mass is 766 g/mol. The summed E-state index contributed by atoms with van der Waals surface area (Å²) in [5, 5.41) is 84.7. The van der Waals surface area contributed by atoms with E-state index in [0.717, 1.165) is 25.7 Å². The largest absolute Gasteiger partial charge is 0.432 e. The van der Waals surface area contributed by atoms with Crippen LogP contribution in [0.5, 0.6) is 0 Å². The molecule has 0 radical (unpaired) electrons. The van der Waals surface area contributed by atoms with Gasteiger partial charge in [0.05, 0.1) is 25.4 Å². The van der Waals surface area contributed by atoms with Gasteiger partial charge in [-0.2, -0.15) is 0 Å². The zero-order chi connectivity index (χ0) is 39.6. The SMILES string of the molecule is CC1(C)CCC2(C(=O)OC3OCC(O)C(O)C3O)C(O)CC3(C)C(=CCC4C5(C)CCC(OC6OC(CO)C(O)C(O)C6O)C(C)(C)C5CCC43C)C2C1. The van der Waals surface area contributed by atoms with Crippen molar-refractivity contribution in [3.63, 3.8) is 0 Å². The molecule has 18 unspecified atom stereocenters. The molecule has 18 atom stereocenters. The van der Waals surface area contributed by atoms with Crippen molar-refractivity contribution in [2.75, 3.05) is 13.2 Å². The zero-order valence-electron chi connectivity index (χ0n) is 33.1. The van der Waals surface area contributed by atoms with Gasteiger partial charge in [-0.05, 0) is 103 Å². The molecule has 2 saturated heterocycles. The molecule has 0 bridgehead atoms. The van der Waals surface area contributed by atoms with Crippen LogP contribution >= 0.6 is 0 Å². The van der Waals surface area contributed by atoms with Crippen LogP contribution in [-0.4, -0.2) is 128 Å². The van der Waals surface area contributed by atoms with Crippen molar-refractivity contribution in [3.05, 3.63) is 11.6 Å². The van der Waals surface area contributed by atoms with Crippen molar-refractivity contribution in [3.8, 4) is 0 Å². The molecule has 8 N–H and O–H groups in total. The van der Waals surface area contributed by atoms with Gasteiger partial charge in [-0.25, -0.2) is 0 Å². The Bertz CT molecular complexity index is 1470. The molecule has 13 nitrogen and oxygen atoms in total. The minimum absolute atomic E-state index is 0.0981. The lowest BCUT2D eigenvalue weighted by Crippen LogP contribution is -2.68. The molecule has 5 aliphatic carbocycles. The predicted octanol–water partition coefficient (Wildman–Crippen LogP) is 1.93. The second-order valence-electron chi connectivity index (χ2n) is 20.3. The van der Waals surface area contributed by atoms with E-state index in [4.69, 9.17) is 18.9 Å². The molecule has 7 aliphatic rings. The summed E-state index contributed by atoms with van der Waals surface area (Å²) in [6, 6.07) is 0. The van der Waals surface area contributed by atoms with Gasteiger partial charge in [0.25, 0.3) is 0 Å². The molecule has 0 aromatic rings. The van der Waals surface area contributed by atoms with Crippen LogP contribution < -0.4 is 0 Å². The molecule has 4 saturated carbocycles. The molecule has 54 heavy (non-hydrogen) atoms. The fourth-order valence-electron chi connectivity index (χ4n) is 13.4. The third kappa shape index (κ3) is 5.84. The van der Waals surface area contributed by atoms with Crippen LogP contribution in [0.3, 0.4) is 0 Å². The highest BCUT2D eigenvalue weighted by atomic mass is 16.7. The molecular weight excluding hydrogens is 700 g/mol. The van der Waals surface area contributed by atoms with E-state index in [0.29, 0.717) is 32.1 Å². The van der Waals surface area contributed by atoms with Crippen molar-refractivity contribution in [2.45, 2.75) is 174 Å². The highest BCUT2D eigenvalue weighted by Crippen LogP contribution is 2.76. The van der Waals surface area contributed by atoms with E-state index in [1.807, 2.05) is 0 Å². The second kappa shape index (κ2) is 13.7. The summed E-state index contributed by atoms with van der Waals surface area (Å²) < 4.78 is 23.6. The standard InChI is InChI=1S/C41H66O13/c1-36(2)14-15-41(35(50)54-33-31(48)28(45)22(43)19-51-33)21(16-36)20-8-9-25-38(5)12-11-27(53-34-32(49)30(47)29(46)23(18-42)52-34)37(3,4)24(38)10-13-39(25,6)40(20,7)17-26(41)44/h8,21-34,42-49H,9-19H2,1-7H3. The predicted molar refractivity (Wildman–Crippen MR) is 193 cm³/mol. The number of aliphatic hydroxyl groups is 8. The second-order valence-corrected chi connectivity index (χ2v) is 20.3. The number of ether oxygens (including phenoxy) is 4. The van der Waals surface area contributed by atoms with E-state index in [2.05, 4.69) is 54.5 Å². The molecule has 7 rings (SSSR count). The minimum atomic E-state index is -1.62. The van der Waals surface area contributed by atoms with Crippen molar-refractivity contribution < 1.29 is 64.6 Å². The Labute approximate surface area is 319 Å². The molecular formula is C41H66O13. The molecule has 6 fully saturated rings. The first-order valence-electron chi connectivity index (χ1n) is 20.3. The van der Waals surface area contributed by atoms with Crippen LogP contribution in [-0.2, 0) is 23.7 Å². The Morgan fingerprint density at radius 1 is 0.796 bits per heavy atom. The van der Waals surface area contributed by atoms with Gasteiger partial charge in [0.15, 0.2) is 6.29 Å². The summed E-state index contributed by atoms with van der Waals surface area (Å²) >= 11 is 0. The maximum atomic E-state index is 14.5. The third-order valence-corrected chi connectivity index (χ3v) is 16.8. The first-order chi connectivity index (χ1) is 25.1. The fourth-order valence-corrected chi connectivity index (χ4v) is 13.4. The van der Waals surface area contributed by atoms with Gasteiger partial charge in [-0.1, -0.05) is 60.1 Å². The van der Waals surface area contributed by atoms with Gasteiger partial charge < -0.3 is 59.8 Å². The van der Waals surface area contributed by atoms with Gasteiger partial charge in [-0.15, -0.1) is 0 Å². The highest BCUT2D eigenvalue weighted by Gasteiger charge is 2.72. The average Bonchev–Trinajstić information content (AvgIpc) is 3.09. The van der Waals surface area contributed by atoms with Crippen LogP contribution in [0.4, 0.5) is 0 Å². The smallest absolute Gasteiger partial charge is 0.317 e. The first kappa shape index (κ1) is 40.9. The lowest BCUT2D eigenvalue weighted by atomic mass is 9.33. The summed E-state index contributed by atoms with van der Waals surface area (Å²) in [5.41, 5.74) is -1.26. The highest BCUT2D eigenvalue weighted by molar-refractivity contribution is 5.80. The summed E-state index contributed by atoms with van der Waals surface area (Å²) in [4.78, 5) is 14.5. The number of allylic oxidation sites excluding steroid dienone is 2. The molecule has 0 aromatic carbocycles. The number of carbonyl (C=O) groups excluding carboxylic acids is 1. The van der Waals surface area contributed by atoms with Crippen LogP contribution in [0.1, 0.15) is 106 Å². The number of fused-ring (bicyclic) bond motifs is 7. The maximum absolute atomic E-state index is 14.5. The zero-order valence-corrected chi connectivity index (χ0v) is 33.1. The van der Waals surface area contributed by atoms with Crippen molar-refractivity contribution in [1.29, 1.82) is 0 Å². The average molecular weight is 767 g/mol. The maximum Gasteiger partial charge on any atom is 0.317 e. The quantitative estimate of drug-likeness (QED) is 0.114. The van der Waals surface area contributed by atoms with Crippen molar-refractivity contribution in [2.24, 2.45) is 50.2 Å². The third-order valence-electron chi connectivity index (χ3n) is 16.8. The minimum Gasteiger partial charge on any atom is -0.432 e. The number of hydrogen-bond acceptors (Lipinski definition) is 13. The Morgan fingerprint density at radius 3 is 2.17 bits per heavy atom. The lowest BCUT2D eigenvalue weighted by molar-refractivity contribution is -0.330. The van der Waals surface area contributed by atoms with E-state index in [-0.39, 0.29) is 52.1 Å². The molecule has 13 heteroatoms. The van der Waals surface area contributed by atoms with E-state index in [1.165, 1.54) is 5.57 Å². The Morgan fingerprint density at radius 2 is 1.48 bits per heavy atom. The normalized spacial score (nSPS) is 53.9. The van der Waals surface area contributed by atoms with Gasteiger partial charge in [0, 0.05) is 0 Å². The van der Waals surface area contributed by atoms with Crippen LogP contribution in [0.2, 0.25) is 0 Å². The Hall–Kier alpha value is -1.23. The van der Waals surface area contributed by atoms with E-state index in [9.17, 15) is 45.6 Å². The molecule has 308 valence electrons. The van der Waals surface area contributed by atoms with E-state index < -0.39 is 84.8 Å². The first-order valence-corrected chi connectivity index (χ1v) is 20.3. The Balaban J connectivity index is 1.18. The number of aliphatic hydroxyl groups excluding tert-OH is 8. The summed E-state index contributed by atoms with van der Waals surface area (Å²) in [7, 11) is 0. The van der Waals surface area contributed by atoms with Crippen molar-refractivity contribution >= 4 is 5.97 Å². The van der Waals surface area contributed by atoms with Gasteiger partial charge in [0.1, 0.15) is 48.1 Å². The number of hydrogen-bond donors (Lipinski definition) is 8. The van der Waals surface area contributed by atoms with Gasteiger partial charge >= 0.3 is 5.97 Å². The van der Waals surface area contributed by atoms with Crippen LogP contribution in [0.25, 0.3) is 0 Å². The van der Waals surface area contributed by atoms with Crippen molar-refractivity contribution in [1.82, 2.24) is 0 Å². The van der Waals surface area contributed by atoms with Gasteiger partial charge in [-0.3, -0.25) is 4.79 Å². The Kier molecular flexibility index (Phi) is 10.4. The van der Waals surface area contributed by atoms with Crippen LogP contribution in [0, 0.1) is 50.2 Å². The molecule has 2 heterocycles. The number of carbonyl (C=O) groups is 1. The van der Waals surface area contributed by atoms with Crippen LogP contribution in [0.15, 0.2) is 11.6 Å².